The molecule has 21 heavy (non-hydrogen) atoms. The maximum Gasteiger partial charge on any atom is 0.271 e. The van der Waals surface area contributed by atoms with E-state index in [4.69, 9.17) is 0 Å². The number of halogens is 1. The summed E-state index contributed by atoms with van der Waals surface area (Å²) in [4.78, 5) is 24.0. The molecular formula is C16H9BrN2O2. The van der Waals surface area contributed by atoms with Crippen molar-refractivity contribution in [2.24, 2.45) is 0 Å². The van der Waals surface area contributed by atoms with Crippen LogP contribution in [0.25, 0.3) is 32.3 Å². The highest BCUT2D eigenvalue weighted by Gasteiger charge is 2.11. The van der Waals surface area contributed by atoms with Gasteiger partial charge in [0.1, 0.15) is 0 Å². The number of rotatable bonds is 0. The summed E-state index contributed by atoms with van der Waals surface area (Å²) >= 11 is 3.61. The van der Waals surface area contributed by atoms with Crippen LogP contribution in [-0.4, -0.2) is 10.2 Å². The van der Waals surface area contributed by atoms with Crippen molar-refractivity contribution < 1.29 is 0 Å². The molecule has 0 atom stereocenters. The third-order valence-corrected chi connectivity index (χ3v) is 4.59. The van der Waals surface area contributed by atoms with E-state index in [9.17, 15) is 9.59 Å². The topological polar surface area (TPSA) is 65.7 Å². The average molecular weight is 341 g/mol. The molecule has 1 heterocycles. The predicted octanol–water partition coefficient (Wildman–Crippen LogP) is 3.29. The normalized spacial score (nSPS) is 11.5. The second-order valence-electron chi connectivity index (χ2n) is 4.90. The molecule has 0 aliphatic heterocycles. The van der Waals surface area contributed by atoms with Gasteiger partial charge in [0.25, 0.3) is 11.1 Å². The highest BCUT2D eigenvalue weighted by atomic mass is 79.9. The Labute approximate surface area is 126 Å². The Morgan fingerprint density at radius 3 is 2.33 bits per heavy atom. The average Bonchev–Trinajstić information content (AvgIpc) is 2.51. The van der Waals surface area contributed by atoms with E-state index in [0.29, 0.717) is 10.8 Å². The van der Waals surface area contributed by atoms with Gasteiger partial charge in [-0.2, -0.15) is 0 Å². The lowest BCUT2D eigenvalue weighted by Gasteiger charge is -2.08. The molecule has 1 aromatic heterocycles. The highest BCUT2D eigenvalue weighted by Crippen LogP contribution is 2.34. The molecule has 0 amide bonds. The highest BCUT2D eigenvalue weighted by molar-refractivity contribution is 9.10. The molecule has 0 spiro atoms. The lowest BCUT2D eigenvalue weighted by Crippen LogP contribution is -2.19. The second-order valence-corrected chi connectivity index (χ2v) is 5.70. The van der Waals surface area contributed by atoms with Crippen molar-refractivity contribution >= 4 is 48.2 Å². The Bertz CT molecular complexity index is 1140. The molecule has 0 aliphatic carbocycles. The molecule has 2 N–H and O–H groups in total. The Morgan fingerprint density at radius 2 is 1.48 bits per heavy atom. The molecule has 5 heteroatoms. The van der Waals surface area contributed by atoms with E-state index < -0.39 is 0 Å². The first kappa shape index (κ1) is 12.3. The van der Waals surface area contributed by atoms with E-state index in [1.807, 2.05) is 36.4 Å². The number of aromatic nitrogens is 2. The van der Waals surface area contributed by atoms with Crippen LogP contribution in [0.15, 0.2) is 56.5 Å². The molecule has 0 saturated heterocycles. The van der Waals surface area contributed by atoms with Gasteiger partial charge in [-0.05, 0) is 49.6 Å². The summed E-state index contributed by atoms with van der Waals surface area (Å²) in [5.41, 5.74) is -0.590. The van der Waals surface area contributed by atoms with Crippen molar-refractivity contribution in [2.75, 3.05) is 0 Å². The number of H-pyrrole nitrogens is 2. The number of aromatic amines is 2. The van der Waals surface area contributed by atoms with Gasteiger partial charge in [0.2, 0.25) is 0 Å². The molecule has 0 radical (unpaired) electrons. The lowest BCUT2D eigenvalue weighted by atomic mass is 10.00. The molecule has 0 unspecified atom stereocenters. The summed E-state index contributed by atoms with van der Waals surface area (Å²) in [6.07, 6.45) is 0. The van der Waals surface area contributed by atoms with E-state index >= 15 is 0 Å². The number of benzene rings is 3. The van der Waals surface area contributed by atoms with Gasteiger partial charge in [0, 0.05) is 4.47 Å². The van der Waals surface area contributed by atoms with Gasteiger partial charge in [0.15, 0.2) is 0 Å². The number of nitrogens with one attached hydrogen (secondary N) is 2. The van der Waals surface area contributed by atoms with Crippen LogP contribution in [0, 0.1) is 0 Å². The maximum atomic E-state index is 12.2. The Kier molecular flexibility index (Phi) is 2.53. The molecule has 0 aliphatic rings. The van der Waals surface area contributed by atoms with Crippen molar-refractivity contribution in [1.82, 2.24) is 10.2 Å². The fourth-order valence-electron chi connectivity index (χ4n) is 2.76. The lowest BCUT2D eigenvalue weighted by molar-refractivity contribution is 0.978. The maximum absolute atomic E-state index is 12.2. The monoisotopic (exact) mass is 340 g/mol. The minimum Gasteiger partial charge on any atom is -0.267 e. The molecule has 0 saturated carbocycles. The van der Waals surface area contributed by atoms with Crippen LogP contribution in [0.5, 0.6) is 0 Å². The molecule has 4 nitrogen and oxygen atoms in total. The van der Waals surface area contributed by atoms with Gasteiger partial charge in [0.05, 0.1) is 10.8 Å². The fourth-order valence-corrected chi connectivity index (χ4v) is 3.47. The van der Waals surface area contributed by atoms with Crippen LogP contribution in [0.3, 0.4) is 0 Å². The number of hydrogen-bond donors (Lipinski definition) is 2. The summed E-state index contributed by atoms with van der Waals surface area (Å²) in [6.45, 7) is 0. The van der Waals surface area contributed by atoms with Gasteiger partial charge in [-0.1, -0.05) is 30.3 Å². The summed E-state index contributed by atoms with van der Waals surface area (Å²) in [6, 6.07) is 13.4. The minimum absolute atomic E-state index is 0.294. The number of hydrogen-bond acceptors (Lipinski definition) is 2. The van der Waals surface area contributed by atoms with Gasteiger partial charge < -0.3 is 0 Å². The molecule has 3 aromatic carbocycles. The van der Waals surface area contributed by atoms with Crippen LogP contribution in [0.2, 0.25) is 0 Å². The van der Waals surface area contributed by atoms with E-state index in [-0.39, 0.29) is 11.1 Å². The predicted molar refractivity (Wildman–Crippen MR) is 87.9 cm³/mol. The van der Waals surface area contributed by atoms with Crippen molar-refractivity contribution in [3.63, 3.8) is 0 Å². The number of fused-ring (bicyclic) bond motifs is 4. The van der Waals surface area contributed by atoms with Crippen molar-refractivity contribution in [2.45, 2.75) is 0 Å². The first-order valence-corrected chi connectivity index (χ1v) is 7.21. The Morgan fingerprint density at radius 1 is 0.762 bits per heavy atom. The smallest absolute Gasteiger partial charge is 0.267 e. The van der Waals surface area contributed by atoms with Crippen molar-refractivity contribution in [1.29, 1.82) is 0 Å². The SMILES string of the molecule is O=c1[nH][nH]c(=O)c2c1ccc1c(Br)c3ccccc3cc12. The summed E-state index contributed by atoms with van der Waals surface area (Å²) < 4.78 is 0.928. The van der Waals surface area contributed by atoms with E-state index in [0.717, 1.165) is 26.0 Å². The zero-order valence-corrected chi connectivity index (χ0v) is 12.3. The van der Waals surface area contributed by atoms with Crippen LogP contribution in [-0.2, 0) is 0 Å². The second kappa shape index (κ2) is 4.30. The third kappa shape index (κ3) is 1.67. The van der Waals surface area contributed by atoms with Gasteiger partial charge in [-0.25, -0.2) is 0 Å². The van der Waals surface area contributed by atoms with Crippen LogP contribution < -0.4 is 11.1 Å². The first-order chi connectivity index (χ1) is 10.2. The summed E-state index contributed by atoms with van der Waals surface area (Å²) in [7, 11) is 0. The van der Waals surface area contributed by atoms with Crippen LogP contribution >= 0.6 is 15.9 Å². The van der Waals surface area contributed by atoms with Gasteiger partial charge >= 0.3 is 0 Å². The van der Waals surface area contributed by atoms with E-state index in [2.05, 4.69) is 26.1 Å². The first-order valence-electron chi connectivity index (χ1n) is 6.41. The molecular weight excluding hydrogens is 332 g/mol. The van der Waals surface area contributed by atoms with E-state index in [1.54, 1.807) is 6.07 Å². The molecule has 4 rings (SSSR count). The zero-order valence-electron chi connectivity index (χ0n) is 10.7. The largest absolute Gasteiger partial charge is 0.271 e. The molecule has 0 fully saturated rings. The molecule has 4 aromatic rings. The minimum atomic E-state index is -0.296. The fraction of sp³-hybridized carbons (Fsp3) is 0. The van der Waals surface area contributed by atoms with Crippen LogP contribution in [0.1, 0.15) is 0 Å². The molecule has 0 bridgehead atoms. The van der Waals surface area contributed by atoms with Crippen molar-refractivity contribution in [3.05, 3.63) is 67.6 Å². The summed E-state index contributed by atoms with van der Waals surface area (Å²) in [5, 5.41) is 9.34. The summed E-state index contributed by atoms with van der Waals surface area (Å²) in [5.74, 6) is 0. The molecule has 102 valence electrons. The Hall–Kier alpha value is -2.40. The van der Waals surface area contributed by atoms with Crippen LogP contribution in [0.4, 0.5) is 0 Å². The third-order valence-electron chi connectivity index (χ3n) is 3.74. The van der Waals surface area contributed by atoms with Gasteiger partial charge in [-0.3, -0.25) is 19.8 Å². The van der Waals surface area contributed by atoms with Crippen molar-refractivity contribution in [3.8, 4) is 0 Å². The van der Waals surface area contributed by atoms with E-state index in [1.165, 1.54) is 0 Å². The standard InChI is InChI=1S/C16H9BrN2O2/c17-14-9-4-2-1-3-8(9)7-12-10(14)5-6-11-13(12)16(21)19-18-15(11)20/h1-7H,(H,18,20)(H,19,21). The van der Waals surface area contributed by atoms with Gasteiger partial charge in [-0.15, -0.1) is 0 Å². The zero-order chi connectivity index (χ0) is 14.6. The quantitative estimate of drug-likeness (QED) is 0.381. The Balaban J connectivity index is 2.40.